The van der Waals surface area contributed by atoms with Gasteiger partial charge in [0.15, 0.2) is 12.4 Å². The Morgan fingerprint density at radius 1 is 1.17 bits per heavy atom. The van der Waals surface area contributed by atoms with E-state index in [9.17, 15) is 14.7 Å². The first kappa shape index (κ1) is 17.6. The van der Waals surface area contributed by atoms with Crippen LogP contribution in [-0.2, 0) is 9.53 Å². The lowest BCUT2D eigenvalue weighted by atomic mass is 10.1. The SMILES string of the molecule is COC(=O)COc1ccc(C(=O)C=Cc2ccc(O)c(Cl)c2)cc1. The van der Waals surface area contributed by atoms with Crippen molar-refractivity contribution in [1.29, 1.82) is 0 Å². The Kier molecular flexibility index (Phi) is 5.98. The summed E-state index contributed by atoms with van der Waals surface area (Å²) in [4.78, 5) is 23.1. The number of allylic oxidation sites excluding steroid dienone is 1. The zero-order chi connectivity index (χ0) is 17.5. The van der Waals surface area contributed by atoms with Gasteiger partial charge in [0.2, 0.25) is 0 Å². The van der Waals surface area contributed by atoms with Gasteiger partial charge in [-0.3, -0.25) is 4.79 Å². The molecule has 0 spiro atoms. The van der Waals surface area contributed by atoms with Crippen LogP contribution in [0, 0.1) is 0 Å². The average Bonchev–Trinajstić information content (AvgIpc) is 2.60. The molecule has 0 amide bonds. The minimum atomic E-state index is -0.481. The van der Waals surface area contributed by atoms with Crippen molar-refractivity contribution >= 4 is 29.4 Å². The maximum absolute atomic E-state index is 12.1. The molecule has 1 N–H and O–H groups in total. The number of halogens is 1. The maximum Gasteiger partial charge on any atom is 0.343 e. The Hall–Kier alpha value is -2.79. The van der Waals surface area contributed by atoms with E-state index in [1.165, 1.54) is 19.3 Å². The first-order valence-electron chi connectivity index (χ1n) is 7.00. The zero-order valence-electron chi connectivity index (χ0n) is 12.9. The fourth-order valence-electron chi connectivity index (χ4n) is 1.81. The number of ether oxygens (including phenoxy) is 2. The number of benzene rings is 2. The van der Waals surface area contributed by atoms with Gasteiger partial charge in [0.25, 0.3) is 0 Å². The number of aromatic hydroxyl groups is 1. The minimum Gasteiger partial charge on any atom is -0.506 e. The molecule has 0 saturated heterocycles. The molecule has 0 saturated carbocycles. The molecule has 2 rings (SSSR count). The van der Waals surface area contributed by atoms with Gasteiger partial charge in [-0.25, -0.2) is 4.79 Å². The molecule has 2 aromatic rings. The largest absolute Gasteiger partial charge is 0.506 e. The Morgan fingerprint density at radius 3 is 2.50 bits per heavy atom. The van der Waals surface area contributed by atoms with E-state index in [0.29, 0.717) is 16.9 Å². The van der Waals surface area contributed by atoms with Gasteiger partial charge in [-0.15, -0.1) is 0 Å². The van der Waals surface area contributed by atoms with Crippen LogP contribution in [0.5, 0.6) is 11.5 Å². The predicted octanol–water partition coefficient (Wildman–Crippen LogP) is 3.49. The molecule has 0 radical (unpaired) electrons. The van der Waals surface area contributed by atoms with Crippen LogP contribution < -0.4 is 4.74 Å². The topological polar surface area (TPSA) is 72.8 Å². The monoisotopic (exact) mass is 346 g/mol. The van der Waals surface area contributed by atoms with E-state index in [2.05, 4.69) is 4.74 Å². The summed E-state index contributed by atoms with van der Waals surface area (Å²) in [5.74, 6) is -0.224. The molecule has 0 aliphatic heterocycles. The predicted molar refractivity (Wildman–Crippen MR) is 90.4 cm³/mol. The molecule has 0 atom stereocenters. The van der Waals surface area contributed by atoms with Gasteiger partial charge in [-0.2, -0.15) is 0 Å². The van der Waals surface area contributed by atoms with Crippen LogP contribution >= 0.6 is 11.6 Å². The quantitative estimate of drug-likeness (QED) is 0.492. The van der Waals surface area contributed by atoms with Gasteiger partial charge in [0, 0.05) is 5.56 Å². The van der Waals surface area contributed by atoms with Crippen molar-refractivity contribution in [3.8, 4) is 11.5 Å². The normalized spacial score (nSPS) is 10.6. The standard InChI is InChI=1S/C18H15ClO5/c1-23-18(22)11-24-14-6-4-13(5-7-14)16(20)8-2-12-3-9-17(21)15(19)10-12/h2-10,21H,11H2,1H3. The van der Waals surface area contributed by atoms with Crippen molar-refractivity contribution in [3.63, 3.8) is 0 Å². The number of hydrogen-bond acceptors (Lipinski definition) is 5. The van der Waals surface area contributed by atoms with Crippen LogP contribution in [0.2, 0.25) is 5.02 Å². The van der Waals surface area contributed by atoms with E-state index >= 15 is 0 Å². The van der Waals surface area contributed by atoms with E-state index in [1.54, 1.807) is 42.5 Å². The van der Waals surface area contributed by atoms with Crippen LogP contribution in [-0.4, -0.2) is 30.6 Å². The van der Waals surface area contributed by atoms with Gasteiger partial charge in [0.05, 0.1) is 12.1 Å². The molecule has 124 valence electrons. The number of esters is 1. The number of hydrogen-bond donors (Lipinski definition) is 1. The Labute approximate surface area is 144 Å². The third-order valence-corrected chi connectivity index (χ3v) is 3.42. The molecule has 0 heterocycles. The summed E-state index contributed by atoms with van der Waals surface area (Å²) in [6.45, 7) is -0.189. The number of rotatable bonds is 6. The summed E-state index contributed by atoms with van der Waals surface area (Å²) in [6, 6.07) is 11.1. The fourth-order valence-corrected chi connectivity index (χ4v) is 2.00. The van der Waals surface area contributed by atoms with Crippen LogP contribution in [0.3, 0.4) is 0 Å². The van der Waals surface area contributed by atoms with Gasteiger partial charge in [0.1, 0.15) is 11.5 Å². The van der Waals surface area contributed by atoms with Crippen molar-refractivity contribution in [2.24, 2.45) is 0 Å². The zero-order valence-corrected chi connectivity index (χ0v) is 13.6. The van der Waals surface area contributed by atoms with Crippen LogP contribution in [0.15, 0.2) is 48.5 Å². The number of carbonyl (C=O) groups is 2. The lowest BCUT2D eigenvalue weighted by molar-refractivity contribution is -0.142. The van der Waals surface area contributed by atoms with Gasteiger partial charge >= 0.3 is 5.97 Å². The number of phenols is 1. The van der Waals surface area contributed by atoms with E-state index in [-0.39, 0.29) is 23.2 Å². The van der Waals surface area contributed by atoms with Crippen molar-refractivity contribution in [2.75, 3.05) is 13.7 Å². The highest BCUT2D eigenvalue weighted by Crippen LogP contribution is 2.24. The third kappa shape index (κ3) is 4.86. The average molecular weight is 347 g/mol. The lowest BCUT2D eigenvalue weighted by Gasteiger charge is -2.05. The Morgan fingerprint density at radius 2 is 1.88 bits per heavy atom. The molecule has 0 fully saturated rings. The molecule has 24 heavy (non-hydrogen) atoms. The number of carbonyl (C=O) groups excluding carboxylic acids is 2. The molecule has 0 aliphatic rings. The summed E-state index contributed by atoms with van der Waals surface area (Å²) in [5.41, 5.74) is 1.17. The summed E-state index contributed by atoms with van der Waals surface area (Å²) in [6.07, 6.45) is 3.02. The van der Waals surface area contributed by atoms with E-state index in [1.807, 2.05) is 0 Å². The Bertz CT molecular complexity index is 765. The highest BCUT2D eigenvalue weighted by Gasteiger charge is 2.05. The van der Waals surface area contributed by atoms with Crippen molar-refractivity contribution in [2.45, 2.75) is 0 Å². The molecule has 6 heteroatoms. The molecular weight excluding hydrogens is 332 g/mol. The lowest BCUT2D eigenvalue weighted by Crippen LogP contribution is -2.12. The number of methoxy groups -OCH3 is 1. The molecule has 0 bridgehead atoms. The first-order chi connectivity index (χ1) is 11.5. The molecule has 0 aliphatic carbocycles. The smallest absolute Gasteiger partial charge is 0.343 e. The molecule has 2 aromatic carbocycles. The second-order valence-electron chi connectivity index (χ2n) is 4.80. The fraction of sp³-hybridized carbons (Fsp3) is 0.111. The van der Waals surface area contributed by atoms with E-state index in [4.69, 9.17) is 16.3 Å². The van der Waals surface area contributed by atoms with Crippen molar-refractivity contribution in [3.05, 3.63) is 64.7 Å². The van der Waals surface area contributed by atoms with Gasteiger partial charge in [-0.05, 0) is 48.0 Å². The van der Waals surface area contributed by atoms with Crippen LogP contribution in [0.4, 0.5) is 0 Å². The second-order valence-corrected chi connectivity index (χ2v) is 5.20. The van der Waals surface area contributed by atoms with Crippen molar-refractivity contribution < 1.29 is 24.2 Å². The molecule has 0 unspecified atom stereocenters. The van der Waals surface area contributed by atoms with E-state index < -0.39 is 5.97 Å². The van der Waals surface area contributed by atoms with Crippen LogP contribution in [0.25, 0.3) is 6.08 Å². The summed E-state index contributed by atoms with van der Waals surface area (Å²) in [5, 5.41) is 9.57. The number of ketones is 1. The Balaban J connectivity index is 2.00. The second kappa shape index (κ2) is 8.17. The minimum absolute atomic E-state index is 0.0114. The highest BCUT2D eigenvalue weighted by molar-refractivity contribution is 6.32. The maximum atomic E-state index is 12.1. The third-order valence-electron chi connectivity index (χ3n) is 3.12. The summed E-state index contributed by atoms with van der Waals surface area (Å²) in [7, 11) is 1.28. The summed E-state index contributed by atoms with van der Waals surface area (Å²) < 4.78 is 9.68. The van der Waals surface area contributed by atoms with Gasteiger partial charge < -0.3 is 14.6 Å². The summed E-state index contributed by atoms with van der Waals surface area (Å²) >= 11 is 5.81. The highest BCUT2D eigenvalue weighted by atomic mass is 35.5. The van der Waals surface area contributed by atoms with E-state index in [0.717, 1.165) is 0 Å². The molecule has 0 aromatic heterocycles. The van der Waals surface area contributed by atoms with Gasteiger partial charge in [-0.1, -0.05) is 23.7 Å². The van der Waals surface area contributed by atoms with Crippen LogP contribution in [0.1, 0.15) is 15.9 Å². The van der Waals surface area contributed by atoms with Crippen molar-refractivity contribution in [1.82, 2.24) is 0 Å². The first-order valence-corrected chi connectivity index (χ1v) is 7.38. The molecule has 5 nitrogen and oxygen atoms in total. The number of phenolic OH excluding ortho intramolecular Hbond substituents is 1. The molecular formula is C18H15ClO5.